The molecule has 0 spiro atoms. The number of carbonyl (C=O) groups is 2. The summed E-state index contributed by atoms with van der Waals surface area (Å²) in [6.45, 7) is 1.03. The highest BCUT2D eigenvalue weighted by molar-refractivity contribution is 5.99. The third-order valence-corrected chi connectivity index (χ3v) is 4.86. The fourth-order valence-corrected chi connectivity index (χ4v) is 3.39. The van der Waals surface area contributed by atoms with Crippen LogP contribution in [0.15, 0.2) is 61.4 Å². The molecule has 0 aliphatic carbocycles. The van der Waals surface area contributed by atoms with Gasteiger partial charge in [-0.1, -0.05) is 0 Å². The van der Waals surface area contributed by atoms with E-state index in [1.54, 1.807) is 41.8 Å². The largest absolute Gasteiger partial charge is 0.338 e. The molecule has 1 saturated heterocycles. The van der Waals surface area contributed by atoms with Gasteiger partial charge in [0.1, 0.15) is 0 Å². The van der Waals surface area contributed by atoms with Gasteiger partial charge in [0.2, 0.25) is 0 Å². The van der Waals surface area contributed by atoms with Crippen LogP contribution in [-0.4, -0.2) is 49.6 Å². The number of amides is 1. The van der Waals surface area contributed by atoms with Crippen molar-refractivity contribution < 1.29 is 9.59 Å². The van der Waals surface area contributed by atoms with E-state index in [0.29, 0.717) is 30.0 Å². The number of aromatic nitrogens is 4. The second-order valence-electron chi connectivity index (χ2n) is 6.73. The van der Waals surface area contributed by atoms with Gasteiger partial charge in [0.25, 0.3) is 5.91 Å². The molecule has 0 aromatic carbocycles. The summed E-state index contributed by atoms with van der Waals surface area (Å²) in [6, 6.07) is 7.15. The summed E-state index contributed by atoms with van der Waals surface area (Å²) in [5.41, 5.74) is 1.85. The van der Waals surface area contributed by atoms with E-state index in [9.17, 15) is 9.59 Å². The standard InChI is InChI=1S/C21H19N5O2/c27-19(16-3-1-7-23-11-16)17-4-2-10-26(14-17)21(28)18-12-24-20(25-13-18)15-5-8-22-9-6-15/h1,3,5-9,11-13,17H,2,4,10,14H2/t17-/m0/s1. The number of rotatable bonds is 4. The third-order valence-electron chi connectivity index (χ3n) is 4.86. The Morgan fingerprint density at radius 3 is 2.43 bits per heavy atom. The van der Waals surface area contributed by atoms with Gasteiger partial charge >= 0.3 is 0 Å². The zero-order chi connectivity index (χ0) is 19.3. The fraction of sp³-hybridized carbons (Fsp3) is 0.238. The van der Waals surface area contributed by atoms with Gasteiger partial charge in [-0.05, 0) is 37.1 Å². The first-order chi connectivity index (χ1) is 13.7. The molecular formula is C21H19N5O2. The van der Waals surface area contributed by atoms with Crippen LogP contribution in [-0.2, 0) is 0 Å². The second kappa shape index (κ2) is 8.04. The van der Waals surface area contributed by atoms with Gasteiger partial charge in [-0.15, -0.1) is 0 Å². The van der Waals surface area contributed by atoms with Gasteiger partial charge in [-0.25, -0.2) is 9.97 Å². The van der Waals surface area contributed by atoms with Crippen molar-refractivity contribution in [2.45, 2.75) is 12.8 Å². The number of carbonyl (C=O) groups excluding carboxylic acids is 2. The van der Waals surface area contributed by atoms with Gasteiger partial charge in [0.15, 0.2) is 11.6 Å². The SMILES string of the molecule is O=C(c1cccnc1)[C@H]1CCCN(C(=O)c2cnc(-c3ccncc3)nc2)C1. The molecule has 3 aromatic rings. The number of hydrogen-bond acceptors (Lipinski definition) is 6. The molecule has 0 N–H and O–H groups in total. The Hall–Kier alpha value is -3.48. The molecule has 0 unspecified atom stereocenters. The van der Waals surface area contributed by atoms with Crippen LogP contribution in [0.4, 0.5) is 0 Å². The number of piperidine rings is 1. The lowest BCUT2D eigenvalue weighted by atomic mass is 9.90. The topological polar surface area (TPSA) is 88.9 Å². The Balaban J connectivity index is 1.46. The predicted octanol–water partition coefficient (Wildman–Crippen LogP) is 2.67. The van der Waals surface area contributed by atoms with Crippen molar-refractivity contribution in [2.24, 2.45) is 5.92 Å². The van der Waals surface area contributed by atoms with Crippen molar-refractivity contribution >= 4 is 11.7 Å². The number of hydrogen-bond donors (Lipinski definition) is 0. The highest BCUT2D eigenvalue weighted by atomic mass is 16.2. The van der Waals surface area contributed by atoms with Gasteiger partial charge in [0, 0.05) is 67.3 Å². The van der Waals surface area contributed by atoms with E-state index in [-0.39, 0.29) is 17.6 Å². The maximum Gasteiger partial charge on any atom is 0.257 e. The fourth-order valence-electron chi connectivity index (χ4n) is 3.39. The number of likely N-dealkylation sites (tertiary alicyclic amines) is 1. The molecule has 7 nitrogen and oxygen atoms in total. The highest BCUT2D eigenvalue weighted by Crippen LogP contribution is 2.22. The van der Waals surface area contributed by atoms with E-state index in [2.05, 4.69) is 19.9 Å². The molecule has 4 heterocycles. The van der Waals surface area contributed by atoms with Gasteiger partial charge in [0.05, 0.1) is 5.56 Å². The van der Waals surface area contributed by atoms with Crippen LogP contribution in [0.2, 0.25) is 0 Å². The van der Waals surface area contributed by atoms with Crippen LogP contribution in [0.1, 0.15) is 33.6 Å². The quantitative estimate of drug-likeness (QED) is 0.653. The Labute approximate surface area is 162 Å². The smallest absolute Gasteiger partial charge is 0.257 e. The lowest BCUT2D eigenvalue weighted by Gasteiger charge is -2.32. The Kier molecular flexibility index (Phi) is 5.14. The zero-order valence-corrected chi connectivity index (χ0v) is 15.2. The highest BCUT2D eigenvalue weighted by Gasteiger charge is 2.29. The molecule has 0 saturated carbocycles. The Morgan fingerprint density at radius 2 is 1.71 bits per heavy atom. The summed E-state index contributed by atoms with van der Waals surface area (Å²) in [5, 5.41) is 0. The van der Waals surface area contributed by atoms with Crippen molar-refractivity contribution in [1.29, 1.82) is 0 Å². The maximum absolute atomic E-state index is 12.9. The minimum Gasteiger partial charge on any atom is -0.338 e. The summed E-state index contributed by atoms with van der Waals surface area (Å²) in [7, 11) is 0. The molecular weight excluding hydrogens is 354 g/mol. The van der Waals surface area contributed by atoms with E-state index in [0.717, 1.165) is 18.4 Å². The third kappa shape index (κ3) is 3.78. The van der Waals surface area contributed by atoms with E-state index in [1.165, 1.54) is 12.4 Å². The van der Waals surface area contributed by atoms with Crippen molar-refractivity contribution in [3.05, 3.63) is 72.6 Å². The van der Waals surface area contributed by atoms with Gasteiger partial charge in [-0.2, -0.15) is 0 Å². The van der Waals surface area contributed by atoms with Crippen LogP contribution in [0.5, 0.6) is 0 Å². The lowest BCUT2D eigenvalue weighted by Crippen LogP contribution is -2.42. The average Bonchev–Trinajstić information content (AvgIpc) is 2.79. The summed E-state index contributed by atoms with van der Waals surface area (Å²) in [5.74, 6) is 0.223. The Morgan fingerprint density at radius 1 is 0.929 bits per heavy atom. The van der Waals surface area contributed by atoms with E-state index in [1.807, 2.05) is 12.1 Å². The molecule has 1 amide bonds. The molecule has 0 bridgehead atoms. The number of Topliss-reactive ketones (excluding diaryl/α,β-unsaturated/α-hetero) is 1. The molecule has 0 radical (unpaired) electrons. The number of ketones is 1. The minimum atomic E-state index is -0.209. The van der Waals surface area contributed by atoms with Gasteiger partial charge < -0.3 is 4.90 Å². The second-order valence-corrected chi connectivity index (χ2v) is 6.73. The predicted molar refractivity (Wildman–Crippen MR) is 102 cm³/mol. The van der Waals surface area contributed by atoms with Crippen molar-refractivity contribution in [3.8, 4) is 11.4 Å². The molecule has 1 atom stereocenters. The average molecular weight is 373 g/mol. The molecule has 28 heavy (non-hydrogen) atoms. The molecule has 140 valence electrons. The van der Waals surface area contributed by atoms with Crippen LogP contribution in [0.3, 0.4) is 0 Å². The van der Waals surface area contributed by atoms with Crippen LogP contribution in [0, 0.1) is 5.92 Å². The molecule has 4 rings (SSSR count). The van der Waals surface area contributed by atoms with Crippen LogP contribution < -0.4 is 0 Å². The van der Waals surface area contributed by atoms with E-state index >= 15 is 0 Å². The van der Waals surface area contributed by atoms with Gasteiger partial charge in [-0.3, -0.25) is 19.6 Å². The van der Waals surface area contributed by atoms with Crippen molar-refractivity contribution in [2.75, 3.05) is 13.1 Å². The van der Waals surface area contributed by atoms with Crippen molar-refractivity contribution in [3.63, 3.8) is 0 Å². The molecule has 1 aliphatic heterocycles. The lowest BCUT2D eigenvalue weighted by molar-refractivity contribution is 0.0636. The molecule has 1 fully saturated rings. The summed E-state index contributed by atoms with van der Waals surface area (Å²) in [6.07, 6.45) is 11.2. The summed E-state index contributed by atoms with van der Waals surface area (Å²) < 4.78 is 0. The first kappa shape index (κ1) is 17.9. The maximum atomic E-state index is 12.9. The minimum absolute atomic E-state index is 0.0369. The monoisotopic (exact) mass is 373 g/mol. The number of nitrogens with zero attached hydrogens (tertiary/aromatic N) is 5. The first-order valence-corrected chi connectivity index (χ1v) is 9.18. The summed E-state index contributed by atoms with van der Waals surface area (Å²) in [4.78, 5) is 43.9. The zero-order valence-electron chi connectivity index (χ0n) is 15.2. The first-order valence-electron chi connectivity index (χ1n) is 9.18. The molecule has 1 aliphatic rings. The van der Waals surface area contributed by atoms with Crippen LogP contribution >= 0.6 is 0 Å². The van der Waals surface area contributed by atoms with E-state index < -0.39 is 0 Å². The normalized spacial score (nSPS) is 16.6. The van der Waals surface area contributed by atoms with Crippen molar-refractivity contribution in [1.82, 2.24) is 24.8 Å². The molecule has 7 heteroatoms. The van der Waals surface area contributed by atoms with Crippen LogP contribution in [0.25, 0.3) is 11.4 Å². The summed E-state index contributed by atoms with van der Waals surface area (Å²) >= 11 is 0. The number of pyridine rings is 2. The molecule has 3 aromatic heterocycles. The Bertz CT molecular complexity index is 961. The van der Waals surface area contributed by atoms with E-state index in [4.69, 9.17) is 0 Å².